The van der Waals surface area contributed by atoms with E-state index in [1.165, 1.54) is 16.7 Å². The molecule has 1 aliphatic rings. The lowest BCUT2D eigenvalue weighted by atomic mass is 9.76. The number of Topliss-reactive ketones (excluding diaryl/α,β-unsaturated/α-hetero) is 1. The van der Waals surface area contributed by atoms with Gasteiger partial charge in [-0.15, -0.1) is 0 Å². The van der Waals surface area contributed by atoms with Gasteiger partial charge >= 0.3 is 0 Å². The lowest BCUT2D eigenvalue weighted by Crippen LogP contribution is -2.43. The van der Waals surface area contributed by atoms with E-state index in [9.17, 15) is 4.79 Å². The summed E-state index contributed by atoms with van der Waals surface area (Å²) >= 11 is 0. The monoisotopic (exact) mass is 355 g/mol. The molecule has 2 heteroatoms. The van der Waals surface area contributed by atoms with Crippen LogP contribution in [0.15, 0.2) is 91.0 Å². The van der Waals surface area contributed by atoms with E-state index in [1.54, 1.807) is 0 Å². The first-order valence-corrected chi connectivity index (χ1v) is 9.70. The average Bonchev–Trinajstić information content (AvgIpc) is 2.73. The van der Waals surface area contributed by atoms with Gasteiger partial charge in [-0.1, -0.05) is 91.0 Å². The number of carbonyl (C=O) groups is 1. The van der Waals surface area contributed by atoms with Crippen LogP contribution in [0.2, 0.25) is 0 Å². The Morgan fingerprint density at radius 1 is 0.778 bits per heavy atom. The molecule has 3 aromatic rings. The molecular weight excluding hydrogens is 330 g/mol. The van der Waals surface area contributed by atoms with Gasteiger partial charge in [-0.25, -0.2) is 0 Å². The molecule has 1 heterocycles. The Hall–Kier alpha value is -2.71. The molecule has 0 aromatic heterocycles. The van der Waals surface area contributed by atoms with Crippen molar-refractivity contribution in [2.45, 2.75) is 18.9 Å². The van der Waals surface area contributed by atoms with Gasteiger partial charge in [-0.3, -0.25) is 9.69 Å². The molecule has 0 aliphatic carbocycles. The number of benzene rings is 3. The van der Waals surface area contributed by atoms with E-state index in [0.29, 0.717) is 12.2 Å². The van der Waals surface area contributed by atoms with Crippen LogP contribution in [0.5, 0.6) is 0 Å². The van der Waals surface area contributed by atoms with Crippen molar-refractivity contribution in [3.8, 4) is 0 Å². The van der Waals surface area contributed by atoms with Gasteiger partial charge in [0.1, 0.15) is 5.78 Å². The standard InChI is InChI=1S/C25H25NO/c27-24-16-17-26(18-20-10-4-1-5-11-20)19-23(24)25(21-12-6-2-7-13-21)22-14-8-3-9-15-22/h1-15,23,25H,16-19H2/t23-/m1/s1. The molecular formula is C25H25NO. The number of nitrogens with zero attached hydrogens (tertiary/aromatic N) is 1. The van der Waals surface area contributed by atoms with Gasteiger partial charge in [-0.2, -0.15) is 0 Å². The predicted molar refractivity (Wildman–Crippen MR) is 110 cm³/mol. The predicted octanol–water partition coefficient (Wildman–Crippen LogP) is 4.91. The minimum Gasteiger partial charge on any atom is -0.299 e. The van der Waals surface area contributed by atoms with Crippen molar-refractivity contribution in [1.29, 1.82) is 0 Å². The minimum absolute atomic E-state index is 0.00716. The summed E-state index contributed by atoms with van der Waals surface area (Å²) in [5.74, 6) is 0.489. The molecule has 0 saturated carbocycles. The lowest BCUT2D eigenvalue weighted by molar-refractivity contribution is -0.126. The number of rotatable bonds is 5. The summed E-state index contributed by atoms with van der Waals surface area (Å²) in [5.41, 5.74) is 3.76. The fourth-order valence-electron chi connectivity index (χ4n) is 4.18. The molecule has 0 spiro atoms. The Labute approximate surface area is 161 Å². The molecule has 2 nitrogen and oxygen atoms in total. The van der Waals surface area contributed by atoms with Crippen molar-refractivity contribution in [1.82, 2.24) is 4.90 Å². The lowest BCUT2D eigenvalue weighted by Gasteiger charge is -2.36. The Bertz CT molecular complexity index is 821. The first-order valence-electron chi connectivity index (χ1n) is 9.70. The van der Waals surface area contributed by atoms with Crippen LogP contribution in [0.1, 0.15) is 29.0 Å². The first-order chi connectivity index (χ1) is 13.3. The van der Waals surface area contributed by atoms with Gasteiger partial charge in [0, 0.05) is 37.9 Å². The summed E-state index contributed by atoms with van der Waals surface area (Å²) in [6, 6.07) is 31.5. The summed E-state index contributed by atoms with van der Waals surface area (Å²) in [5, 5.41) is 0. The maximum atomic E-state index is 13.0. The highest BCUT2D eigenvalue weighted by Gasteiger charge is 2.35. The van der Waals surface area contributed by atoms with Gasteiger partial charge in [0.15, 0.2) is 0 Å². The molecule has 0 amide bonds. The van der Waals surface area contributed by atoms with Crippen molar-refractivity contribution >= 4 is 5.78 Å². The molecule has 27 heavy (non-hydrogen) atoms. The smallest absolute Gasteiger partial charge is 0.139 e. The number of carbonyl (C=O) groups excluding carboxylic acids is 1. The van der Waals surface area contributed by atoms with Crippen molar-refractivity contribution in [3.05, 3.63) is 108 Å². The molecule has 4 rings (SSSR count). The summed E-state index contributed by atoms with van der Waals surface area (Å²) in [6.45, 7) is 2.56. The number of likely N-dealkylation sites (tertiary alicyclic amines) is 1. The van der Waals surface area contributed by atoms with E-state index < -0.39 is 0 Å². The SMILES string of the molecule is O=C1CCN(Cc2ccccc2)C[C@H]1C(c1ccccc1)c1ccccc1. The van der Waals surface area contributed by atoms with E-state index in [0.717, 1.165) is 19.6 Å². The zero-order valence-electron chi connectivity index (χ0n) is 15.5. The molecule has 1 fully saturated rings. The summed E-state index contributed by atoms with van der Waals surface area (Å²) in [4.78, 5) is 15.4. The second-order valence-corrected chi connectivity index (χ2v) is 7.34. The van der Waals surface area contributed by atoms with Gasteiger partial charge in [0.05, 0.1) is 0 Å². The van der Waals surface area contributed by atoms with E-state index in [4.69, 9.17) is 0 Å². The van der Waals surface area contributed by atoms with E-state index in [2.05, 4.69) is 77.7 Å². The molecule has 0 bridgehead atoms. The molecule has 136 valence electrons. The second kappa shape index (κ2) is 8.32. The van der Waals surface area contributed by atoms with E-state index in [-0.39, 0.29) is 11.8 Å². The third kappa shape index (κ3) is 4.17. The third-order valence-corrected chi connectivity index (χ3v) is 5.51. The summed E-state index contributed by atoms with van der Waals surface area (Å²) in [6.07, 6.45) is 0.633. The third-order valence-electron chi connectivity index (χ3n) is 5.51. The summed E-state index contributed by atoms with van der Waals surface area (Å²) < 4.78 is 0. The number of ketones is 1. The van der Waals surface area contributed by atoms with Crippen LogP contribution < -0.4 is 0 Å². The fraction of sp³-hybridized carbons (Fsp3) is 0.240. The van der Waals surface area contributed by atoms with Crippen LogP contribution in [-0.4, -0.2) is 23.8 Å². The number of hydrogen-bond acceptors (Lipinski definition) is 2. The Kier molecular flexibility index (Phi) is 5.45. The van der Waals surface area contributed by atoms with Crippen molar-refractivity contribution in [2.24, 2.45) is 5.92 Å². The molecule has 1 aliphatic heterocycles. The maximum Gasteiger partial charge on any atom is 0.139 e. The highest BCUT2D eigenvalue weighted by Crippen LogP contribution is 2.35. The summed E-state index contributed by atoms with van der Waals surface area (Å²) in [7, 11) is 0. The van der Waals surface area contributed by atoms with Gasteiger partial charge in [0.2, 0.25) is 0 Å². The molecule has 3 aromatic carbocycles. The van der Waals surface area contributed by atoms with Crippen LogP contribution >= 0.6 is 0 Å². The first kappa shape index (κ1) is 17.7. The zero-order valence-corrected chi connectivity index (χ0v) is 15.5. The quantitative estimate of drug-likeness (QED) is 0.648. The van der Waals surface area contributed by atoms with Crippen LogP contribution in [0, 0.1) is 5.92 Å². The van der Waals surface area contributed by atoms with Crippen LogP contribution in [0.3, 0.4) is 0 Å². The molecule has 0 radical (unpaired) electrons. The van der Waals surface area contributed by atoms with Crippen LogP contribution in [-0.2, 0) is 11.3 Å². The van der Waals surface area contributed by atoms with Crippen molar-refractivity contribution in [3.63, 3.8) is 0 Å². The van der Waals surface area contributed by atoms with Crippen molar-refractivity contribution in [2.75, 3.05) is 13.1 Å². The number of hydrogen-bond donors (Lipinski definition) is 0. The van der Waals surface area contributed by atoms with Crippen LogP contribution in [0.25, 0.3) is 0 Å². The Morgan fingerprint density at radius 3 is 1.85 bits per heavy atom. The Balaban J connectivity index is 1.63. The van der Waals surface area contributed by atoms with Gasteiger partial charge < -0.3 is 0 Å². The molecule has 0 N–H and O–H groups in total. The van der Waals surface area contributed by atoms with Gasteiger partial charge in [-0.05, 0) is 16.7 Å². The highest BCUT2D eigenvalue weighted by molar-refractivity contribution is 5.83. The Morgan fingerprint density at radius 2 is 1.30 bits per heavy atom. The molecule has 1 atom stereocenters. The normalized spacial score (nSPS) is 18.0. The number of piperidine rings is 1. The fourth-order valence-corrected chi connectivity index (χ4v) is 4.18. The molecule has 1 saturated heterocycles. The van der Waals surface area contributed by atoms with Crippen molar-refractivity contribution < 1.29 is 4.79 Å². The zero-order chi connectivity index (χ0) is 18.5. The maximum absolute atomic E-state index is 13.0. The highest BCUT2D eigenvalue weighted by atomic mass is 16.1. The van der Waals surface area contributed by atoms with Gasteiger partial charge in [0.25, 0.3) is 0 Å². The van der Waals surface area contributed by atoms with E-state index >= 15 is 0 Å². The van der Waals surface area contributed by atoms with E-state index in [1.807, 2.05) is 18.2 Å². The largest absolute Gasteiger partial charge is 0.299 e. The minimum atomic E-state index is -0.00716. The topological polar surface area (TPSA) is 20.3 Å². The second-order valence-electron chi connectivity index (χ2n) is 7.34. The molecule has 0 unspecified atom stereocenters. The average molecular weight is 355 g/mol. The van der Waals surface area contributed by atoms with Crippen LogP contribution in [0.4, 0.5) is 0 Å².